The third kappa shape index (κ3) is 4.13. The molecule has 0 N–H and O–H groups in total. The number of nitrogens with zero attached hydrogens (tertiary/aromatic N) is 1. The number of amides is 1. The van der Waals surface area contributed by atoms with Gasteiger partial charge in [-0.15, -0.1) is 0 Å². The number of Topliss-reactive ketones (excluding diaryl/α,β-unsaturated/α-hetero) is 1. The average Bonchev–Trinajstić information content (AvgIpc) is 3.08. The Kier molecular flexibility index (Phi) is 5.49. The van der Waals surface area contributed by atoms with Crippen molar-refractivity contribution in [3.05, 3.63) is 59.9 Å². The Morgan fingerprint density at radius 2 is 1.85 bits per heavy atom. The lowest BCUT2D eigenvalue weighted by Crippen LogP contribution is -2.27. The van der Waals surface area contributed by atoms with E-state index in [4.69, 9.17) is 9.47 Å². The number of esters is 1. The van der Waals surface area contributed by atoms with Crippen molar-refractivity contribution in [2.45, 2.75) is 6.42 Å². The summed E-state index contributed by atoms with van der Waals surface area (Å²) in [5, 5.41) is 0. The second-order valence-electron chi connectivity index (χ2n) is 6.12. The fraction of sp³-hybridized carbons (Fsp3) is 0.250. The third-order valence-corrected chi connectivity index (χ3v) is 4.36. The molecule has 1 saturated heterocycles. The summed E-state index contributed by atoms with van der Waals surface area (Å²) >= 11 is 0. The van der Waals surface area contributed by atoms with Crippen LogP contribution < -0.4 is 9.64 Å². The van der Waals surface area contributed by atoms with Gasteiger partial charge in [-0.1, -0.05) is 12.1 Å². The first-order valence-electron chi connectivity index (χ1n) is 8.38. The van der Waals surface area contributed by atoms with Crippen LogP contribution >= 0.6 is 0 Å². The molecule has 0 radical (unpaired) electrons. The number of para-hydroxylation sites is 1. The lowest BCUT2D eigenvalue weighted by molar-refractivity contribution is -0.147. The van der Waals surface area contributed by atoms with Crippen LogP contribution in [0.15, 0.2) is 48.5 Å². The highest BCUT2D eigenvalue weighted by atomic mass is 19.1. The molecule has 0 bridgehead atoms. The smallest absolute Gasteiger partial charge is 0.311 e. The first-order valence-corrected chi connectivity index (χ1v) is 8.38. The highest BCUT2D eigenvalue weighted by molar-refractivity contribution is 6.01. The highest BCUT2D eigenvalue weighted by Crippen LogP contribution is 2.27. The van der Waals surface area contributed by atoms with Gasteiger partial charge in [-0.25, -0.2) is 4.39 Å². The van der Waals surface area contributed by atoms with Crippen molar-refractivity contribution in [3.8, 4) is 5.75 Å². The monoisotopic (exact) mass is 371 g/mol. The summed E-state index contributed by atoms with van der Waals surface area (Å²) in [6, 6.07) is 12.3. The molecule has 0 aromatic heterocycles. The van der Waals surface area contributed by atoms with E-state index in [0.717, 1.165) is 0 Å². The number of benzene rings is 2. The van der Waals surface area contributed by atoms with Crippen molar-refractivity contribution in [3.63, 3.8) is 0 Å². The molecule has 2 aromatic rings. The zero-order valence-corrected chi connectivity index (χ0v) is 14.7. The number of carbonyl (C=O) groups excluding carboxylic acids is 3. The van der Waals surface area contributed by atoms with Gasteiger partial charge in [-0.3, -0.25) is 14.4 Å². The maximum absolute atomic E-state index is 13.9. The van der Waals surface area contributed by atoms with Crippen molar-refractivity contribution in [1.82, 2.24) is 0 Å². The third-order valence-electron chi connectivity index (χ3n) is 4.36. The van der Waals surface area contributed by atoms with E-state index >= 15 is 0 Å². The van der Waals surface area contributed by atoms with Gasteiger partial charge in [0.25, 0.3) is 0 Å². The fourth-order valence-corrected chi connectivity index (χ4v) is 2.88. The summed E-state index contributed by atoms with van der Waals surface area (Å²) in [5.74, 6) is -2.02. The van der Waals surface area contributed by atoms with E-state index in [9.17, 15) is 18.8 Å². The van der Waals surface area contributed by atoms with E-state index in [1.165, 1.54) is 30.2 Å². The molecule has 0 saturated carbocycles. The molecule has 0 unspecified atom stereocenters. The maximum atomic E-state index is 13.9. The molecule has 3 rings (SSSR count). The quantitative estimate of drug-likeness (QED) is 0.577. The van der Waals surface area contributed by atoms with Gasteiger partial charge in [-0.05, 0) is 36.4 Å². The first-order chi connectivity index (χ1) is 13.0. The molecular weight excluding hydrogens is 353 g/mol. The van der Waals surface area contributed by atoms with Gasteiger partial charge in [-0.2, -0.15) is 0 Å². The topological polar surface area (TPSA) is 72.9 Å². The van der Waals surface area contributed by atoms with Crippen molar-refractivity contribution in [1.29, 1.82) is 0 Å². The minimum Gasteiger partial charge on any atom is -0.497 e. The lowest BCUT2D eigenvalue weighted by atomic mass is 10.1. The Balaban J connectivity index is 1.57. The number of hydrogen-bond acceptors (Lipinski definition) is 5. The molecule has 1 aliphatic rings. The molecule has 2 aromatic carbocycles. The van der Waals surface area contributed by atoms with Gasteiger partial charge in [0.05, 0.1) is 18.7 Å². The van der Waals surface area contributed by atoms with Crippen LogP contribution in [0.1, 0.15) is 16.8 Å². The summed E-state index contributed by atoms with van der Waals surface area (Å²) in [7, 11) is 1.52. The van der Waals surface area contributed by atoms with E-state index in [1.807, 2.05) is 0 Å². The summed E-state index contributed by atoms with van der Waals surface area (Å²) < 4.78 is 24.0. The SMILES string of the molecule is COc1ccc(C(=O)COC(=O)[C@@H]2CC(=O)N(c3ccccc3F)C2)cc1. The van der Waals surface area contributed by atoms with Gasteiger partial charge in [0.2, 0.25) is 5.91 Å². The molecular formula is C20H18FNO5. The van der Waals surface area contributed by atoms with Gasteiger partial charge in [0.1, 0.15) is 11.6 Å². The van der Waals surface area contributed by atoms with Gasteiger partial charge < -0.3 is 14.4 Å². The molecule has 1 aliphatic heterocycles. The summed E-state index contributed by atoms with van der Waals surface area (Å²) in [6.45, 7) is -0.398. The number of ether oxygens (including phenoxy) is 2. The number of rotatable bonds is 6. The van der Waals surface area contributed by atoms with E-state index < -0.39 is 24.3 Å². The van der Waals surface area contributed by atoms with Crippen molar-refractivity contribution in [2.24, 2.45) is 5.92 Å². The largest absolute Gasteiger partial charge is 0.497 e. The second kappa shape index (κ2) is 7.99. The van der Waals surface area contributed by atoms with E-state index in [1.54, 1.807) is 30.3 Å². The normalized spacial score (nSPS) is 16.3. The minimum atomic E-state index is -0.735. The van der Waals surface area contributed by atoms with E-state index in [0.29, 0.717) is 11.3 Å². The summed E-state index contributed by atoms with van der Waals surface area (Å²) in [6.07, 6.45) is -0.0795. The molecule has 140 valence electrons. The fourth-order valence-electron chi connectivity index (χ4n) is 2.88. The first kappa shape index (κ1) is 18.6. The summed E-state index contributed by atoms with van der Waals surface area (Å²) in [4.78, 5) is 37.7. The molecule has 1 atom stereocenters. The molecule has 7 heteroatoms. The van der Waals surface area contributed by atoms with Crippen LogP contribution in [-0.4, -0.2) is 37.9 Å². The number of halogens is 1. The van der Waals surface area contributed by atoms with E-state index in [2.05, 4.69) is 0 Å². The molecule has 0 aliphatic carbocycles. The van der Waals surface area contributed by atoms with Crippen LogP contribution in [0.25, 0.3) is 0 Å². The Morgan fingerprint density at radius 3 is 2.52 bits per heavy atom. The zero-order chi connectivity index (χ0) is 19.4. The molecule has 27 heavy (non-hydrogen) atoms. The standard InChI is InChI=1S/C20H18FNO5/c1-26-15-8-6-13(7-9-15)18(23)12-27-20(25)14-10-19(24)22(11-14)17-5-3-2-4-16(17)21/h2-9,14H,10-12H2,1H3/t14-/m1/s1. The average molecular weight is 371 g/mol. The Labute approximate surface area is 155 Å². The predicted octanol–water partition coefficient (Wildman–Crippen LogP) is 2.61. The molecule has 1 heterocycles. The number of methoxy groups -OCH3 is 1. The van der Waals surface area contributed by atoms with Crippen LogP contribution in [-0.2, 0) is 14.3 Å². The highest BCUT2D eigenvalue weighted by Gasteiger charge is 2.37. The van der Waals surface area contributed by atoms with Gasteiger partial charge >= 0.3 is 5.97 Å². The minimum absolute atomic E-state index is 0.0231. The summed E-state index contributed by atoms with van der Waals surface area (Å²) in [5.41, 5.74) is 0.520. The zero-order valence-electron chi connectivity index (χ0n) is 14.7. The molecule has 6 nitrogen and oxygen atoms in total. The van der Waals surface area contributed by atoms with Gasteiger partial charge in [0, 0.05) is 18.5 Å². The lowest BCUT2D eigenvalue weighted by Gasteiger charge is -2.17. The van der Waals surface area contributed by atoms with Gasteiger partial charge in [0.15, 0.2) is 12.4 Å². The Hall–Kier alpha value is -3.22. The number of anilines is 1. The number of hydrogen-bond donors (Lipinski definition) is 0. The molecule has 0 spiro atoms. The second-order valence-corrected chi connectivity index (χ2v) is 6.12. The van der Waals surface area contributed by atoms with Crippen LogP contribution in [0.4, 0.5) is 10.1 Å². The molecule has 1 fully saturated rings. The van der Waals surface area contributed by atoms with Crippen LogP contribution in [0, 0.1) is 11.7 Å². The van der Waals surface area contributed by atoms with E-state index in [-0.39, 0.29) is 30.3 Å². The van der Waals surface area contributed by atoms with Crippen LogP contribution in [0.5, 0.6) is 5.75 Å². The Morgan fingerprint density at radius 1 is 1.15 bits per heavy atom. The van der Waals surface area contributed by atoms with Crippen molar-refractivity contribution >= 4 is 23.3 Å². The number of carbonyl (C=O) groups is 3. The van der Waals surface area contributed by atoms with Crippen LogP contribution in [0.2, 0.25) is 0 Å². The predicted molar refractivity (Wildman–Crippen MR) is 95.1 cm³/mol. The van der Waals surface area contributed by atoms with Crippen LogP contribution in [0.3, 0.4) is 0 Å². The maximum Gasteiger partial charge on any atom is 0.311 e. The number of ketones is 1. The Bertz CT molecular complexity index is 865. The van der Waals surface area contributed by atoms with Crippen molar-refractivity contribution < 1.29 is 28.2 Å². The van der Waals surface area contributed by atoms with Crippen molar-refractivity contribution in [2.75, 3.05) is 25.2 Å². The molecule has 1 amide bonds.